The molecule has 0 aliphatic rings. The predicted octanol–water partition coefficient (Wildman–Crippen LogP) is 5.90. The number of nitro benzene ring substituents is 1. The van der Waals surface area contributed by atoms with Crippen molar-refractivity contribution < 1.29 is 19.2 Å². The van der Waals surface area contributed by atoms with Crippen molar-refractivity contribution in [1.29, 1.82) is 5.26 Å². The number of rotatable bonds is 6. The SMILES string of the molecule is COC(=O)c1cc(C(=O)Nc2cc(Cl)c([C@H](C#N)c3ccc(Cl)cc3)cc2C)cc([N+](=O)[O-])c1. The van der Waals surface area contributed by atoms with Gasteiger partial charge in [0.1, 0.15) is 0 Å². The molecule has 172 valence electrons. The van der Waals surface area contributed by atoms with E-state index in [0.717, 1.165) is 19.2 Å². The molecule has 1 N–H and O–H groups in total. The van der Waals surface area contributed by atoms with Crippen molar-refractivity contribution >= 4 is 46.5 Å². The molecule has 1 atom stereocenters. The fourth-order valence-corrected chi connectivity index (χ4v) is 3.72. The van der Waals surface area contributed by atoms with Crippen LogP contribution in [0.5, 0.6) is 0 Å². The molecule has 0 unspecified atom stereocenters. The van der Waals surface area contributed by atoms with E-state index in [1.165, 1.54) is 12.1 Å². The van der Waals surface area contributed by atoms with E-state index in [1.807, 2.05) is 0 Å². The molecule has 3 rings (SSSR count). The zero-order valence-electron chi connectivity index (χ0n) is 18.0. The molecule has 8 nitrogen and oxygen atoms in total. The van der Waals surface area contributed by atoms with E-state index in [4.69, 9.17) is 23.2 Å². The van der Waals surface area contributed by atoms with Gasteiger partial charge < -0.3 is 10.1 Å². The van der Waals surface area contributed by atoms with Crippen LogP contribution >= 0.6 is 23.2 Å². The summed E-state index contributed by atoms with van der Waals surface area (Å²) >= 11 is 12.4. The van der Waals surface area contributed by atoms with Gasteiger partial charge >= 0.3 is 5.97 Å². The molecule has 0 heterocycles. The summed E-state index contributed by atoms with van der Waals surface area (Å²) in [6.07, 6.45) is 0. The summed E-state index contributed by atoms with van der Waals surface area (Å²) in [5, 5.41) is 24.4. The van der Waals surface area contributed by atoms with Crippen LogP contribution in [0.25, 0.3) is 0 Å². The number of halogens is 2. The van der Waals surface area contributed by atoms with Gasteiger partial charge in [-0.1, -0.05) is 41.4 Å². The van der Waals surface area contributed by atoms with Crippen LogP contribution in [0.1, 0.15) is 43.3 Å². The molecule has 0 radical (unpaired) electrons. The van der Waals surface area contributed by atoms with Crippen LogP contribution in [0.15, 0.2) is 54.6 Å². The third kappa shape index (κ3) is 5.34. The molecular weight excluding hydrogens is 481 g/mol. The second-order valence-electron chi connectivity index (χ2n) is 7.27. The number of nitrogens with one attached hydrogen (secondary N) is 1. The number of nitrogens with zero attached hydrogens (tertiary/aromatic N) is 2. The van der Waals surface area contributed by atoms with E-state index >= 15 is 0 Å². The first-order chi connectivity index (χ1) is 16.1. The Morgan fingerprint density at radius 3 is 2.32 bits per heavy atom. The highest BCUT2D eigenvalue weighted by Gasteiger charge is 2.21. The third-order valence-electron chi connectivity index (χ3n) is 5.05. The molecular formula is C24H17Cl2N3O5. The maximum absolute atomic E-state index is 12.9. The molecule has 0 saturated heterocycles. The molecule has 1 amide bonds. The van der Waals surface area contributed by atoms with Crippen LogP contribution < -0.4 is 5.32 Å². The minimum atomic E-state index is -0.814. The van der Waals surface area contributed by atoms with Crippen molar-refractivity contribution in [2.75, 3.05) is 12.4 Å². The van der Waals surface area contributed by atoms with Gasteiger partial charge in [0.2, 0.25) is 0 Å². The summed E-state index contributed by atoms with van der Waals surface area (Å²) in [5.74, 6) is -2.16. The van der Waals surface area contributed by atoms with Gasteiger partial charge in [-0.05, 0) is 47.9 Å². The number of methoxy groups -OCH3 is 1. The minimum absolute atomic E-state index is 0.106. The Balaban J connectivity index is 1.94. The van der Waals surface area contributed by atoms with Gasteiger partial charge in [-0.3, -0.25) is 14.9 Å². The Labute approximate surface area is 204 Å². The molecule has 0 saturated carbocycles. The first-order valence-corrected chi connectivity index (χ1v) is 10.5. The summed E-state index contributed by atoms with van der Waals surface area (Å²) < 4.78 is 4.60. The average Bonchev–Trinajstić information content (AvgIpc) is 2.82. The Morgan fingerprint density at radius 2 is 1.74 bits per heavy atom. The minimum Gasteiger partial charge on any atom is -0.465 e. The number of carbonyl (C=O) groups excluding carboxylic acids is 2. The number of carbonyl (C=O) groups is 2. The lowest BCUT2D eigenvalue weighted by Crippen LogP contribution is -2.15. The van der Waals surface area contributed by atoms with Gasteiger partial charge in [-0.2, -0.15) is 5.26 Å². The van der Waals surface area contributed by atoms with Gasteiger partial charge in [-0.25, -0.2) is 4.79 Å². The number of nitro groups is 1. The Hall–Kier alpha value is -3.93. The standard InChI is InChI=1S/C24H17Cl2N3O5/c1-13-7-19(20(12-27)14-3-5-17(25)6-4-14)21(26)11-22(13)28-23(30)15-8-16(24(31)34-2)10-18(9-15)29(32)33/h3-11,20H,1-2H3,(H,28,30)/t20-/m1/s1. The number of hydrogen-bond acceptors (Lipinski definition) is 6. The van der Waals surface area contributed by atoms with Crippen molar-refractivity contribution in [3.05, 3.63) is 103 Å². The van der Waals surface area contributed by atoms with Gasteiger partial charge in [0, 0.05) is 33.4 Å². The van der Waals surface area contributed by atoms with Crippen LogP contribution in [0.4, 0.5) is 11.4 Å². The van der Waals surface area contributed by atoms with E-state index < -0.39 is 28.4 Å². The number of esters is 1. The summed E-state index contributed by atoms with van der Waals surface area (Å²) in [4.78, 5) is 35.2. The molecule has 0 aliphatic heterocycles. The van der Waals surface area contributed by atoms with E-state index in [9.17, 15) is 25.0 Å². The summed E-state index contributed by atoms with van der Waals surface area (Å²) in [6.45, 7) is 1.72. The molecule has 0 bridgehead atoms. The van der Waals surface area contributed by atoms with E-state index in [1.54, 1.807) is 37.3 Å². The Kier molecular flexibility index (Phi) is 7.51. The lowest BCUT2D eigenvalue weighted by Gasteiger charge is -2.16. The van der Waals surface area contributed by atoms with Crippen LogP contribution in [-0.4, -0.2) is 23.9 Å². The highest BCUT2D eigenvalue weighted by Crippen LogP contribution is 2.34. The van der Waals surface area contributed by atoms with E-state index in [-0.39, 0.29) is 16.1 Å². The number of aryl methyl sites for hydroxylation is 1. The van der Waals surface area contributed by atoms with Crippen molar-refractivity contribution in [1.82, 2.24) is 0 Å². The van der Waals surface area contributed by atoms with E-state index in [2.05, 4.69) is 16.1 Å². The highest BCUT2D eigenvalue weighted by atomic mass is 35.5. The smallest absolute Gasteiger partial charge is 0.338 e. The van der Waals surface area contributed by atoms with Gasteiger partial charge in [0.05, 0.1) is 29.6 Å². The third-order valence-corrected chi connectivity index (χ3v) is 5.63. The Morgan fingerprint density at radius 1 is 1.09 bits per heavy atom. The molecule has 34 heavy (non-hydrogen) atoms. The van der Waals surface area contributed by atoms with Crippen molar-refractivity contribution in [2.45, 2.75) is 12.8 Å². The number of benzene rings is 3. The second-order valence-corrected chi connectivity index (χ2v) is 8.12. The van der Waals surface area contributed by atoms with Gasteiger partial charge in [-0.15, -0.1) is 0 Å². The van der Waals surface area contributed by atoms with Crippen LogP contribution in [0.3, 0.4) is 0 Å². The van der Waals surface area contributed by atoms with Crippen LogP contribution in [0, 0.1) is 28.4 Å². The summed E-state index contributed by atoms with van der Waals surface area (Å²) in [5.41, 5.74) is 1.54. The number of amides is 1. The summed E-state index contributed by atoms with van der Waals surface area (Å²) in [6, 6.07) is 15.5. The fraction of sp³-hybridized carbons (Fsp3) is 0.125. The largest absolute Gasteiger partial charge is 0.465 e. The maximum atomic E-state index is 12.9. The number of anilines is 1. The van der Waals surface area contributed by atoms with Crippen molar-refractivity contribution in [3.63, 3.8) is 0 Å². The van der Waals surface area contributed by atoms with Crippen LogP contribution in [-0.2, 0) is 4.74 Å². The van der Waals surface area contributed by atoms with Crippen LogP contribution in [0.2, 0.25) is 10.0 Å². The fourth-order valence-electron chi connectivity index (χ4n) is 3.32. The second kappa shape index (κ2) is 10.3. The first kappa shape index (κ1) is 24.7. The first-order valence-electron chi connectivity index (χ1n) is 9.79. The number of ether oxygens (including phenoxy) is 1. The zero-order chi connectivity index (χ0) is 25.0. The van der Waals surface area contributed by atoms with Gasteiger partial charge in [0.25, 0.3) is 11.6 Å². The van der Waals surface area contributed by atoms with Crippen molar-refractivity contribution in [3.8, 4) is 6.07 Å². The molecule has 0 fully saturated rings. The summed E-state index contributed by atoms with van der Waals surface area (Å²) in [7, 11) is 1.13. The quantitative estimate of drug-likeness (QED) is 0.256. The molecule has 0 spiro atoms. The molecule has 10 heteroatoms. The maximum Gasteiger partial charge on any atom is 0.338 e. The number of non-ortho nitro benzene ring substituents is 1. The van der Waals surface area contributed by atoms with E-state index in [0.29, 0.717) is 27.4 Å². The highest BCUT2D eigenvalue weighted by molar-refractivity contribution is 6.32. The molecule has 0 aliphatic carbocycles. The molecule has 3 aromatic carbocycles. The predicted molar refractivity (Wildman–Crippen MR) is 127 cm³/mol. The van der Waals surface area contributed by atoms with Gasteiger partial charge in [0.15, 0.2) is 0 Å². The Bertz CT molecular complexity index is 1330. The number of hydrogen-bond donors (Lipinski definition) is 1. The molecule has 3 aromatic rings. The molecule has 0 aromatic heterocycles. The normalized spacial score (nSPS) is 11.3. The zero-order valence-corrected chi connectivity index (χ0v) is 19.5. The lowest BCUT2D eigenvalue weighted by atomic mass is 9.91. The topological polar surface area (TPSA) is 122 Å². The average molecular weight is 498 g/mol. The monoisotopic (exact) mass is 497 g/mol. The lowest BCUT2D eigenvalue weighted by molar-refractivity contribution is -0.384. The number of nitriles is 1. The van der Waals surface area contributed by atoms with Crippen molar-refractivity contribution in [2.24, 2.45) is 0 Å².